The van der Waals surface area contributed by atoms with Gasteiger partial charge >= 0.3 is 0 Å². The molecule has 1 atom stereocenters. The minimum Gasteiger partial charge on any atom is -0.381 e. The Labute approximate surface area is 127 Å². The number of aliphatic hydroxyl groups is 1. The maximum absolute atomic E-state index is 11.1. The molecule has 21 heavy (non-hydrogen) atoms. The van der Waals surface area contributed by atoms with Crippen LogP contribution in [0.15, 0.2) is 42.5 Å². The number of rotatable bonds is 3. The third-order valence-corrected chi connectivity index (χ3v) is 4.97. The molecule has 1 aliphatic carbocycles. The van der Waals surface area contributed by atoms with Crippen LogP contribution in [0.5, 0.6) is 0 Å². The quantitative estimate of drug-likeness (QED) is 0.854. The van der Waals surface area contributed by atoms with Crippen molar-refractivity contribution in [2.24, 2.45) is 0 Å². The molecular weight excluding hydrogens is 256 g/mol. The van der Waals surface area contributed by atoms with Gasteiger partial charge in [0.15, 0.2) is 0 Å². The molecule has 1 saturated carbocycles. The van der Waals surface area contributed by atoms with Crippen molar-refractivity contribution < 1.29 is 5.11 Å². The molecule has 1 fully saturated rings. The van der Waals surface area contributed by atoms with Gasteiger partial charge in [-0.3, -0.25) is 0 Å². The van der Waals surface area contributed by atoms with Crippen LogP contribution in [0.3, 0.4) is 0 Å². The van der Waals surface area contributed by atoms with Gasteiger partial charge in [0.1, 0.15) is 5.60 Å². The van der Waals surface area contributed by atoms with Crippen molar-refractivity contribution in [1.29, 1.82) is 0 Å². The fourth-order valence-electron chi connectivity index (χ4n) is 3.24. The standard InChI is InChI=1S/C20H24O/c1-14-7-8-15(2)19(13-14)20(3,21)18-11-9-17(10-12-18)16-5-4-6-16/h7-13,16,21H,4-6H2,1-3H3. The number of hydrogen-bond acceptors (Lipinski definition) is 1. The summed E-state index contributed by atoms with van der Waals surface area (Å²) in [6, 6.07) is 14.8. The minimum atomic E-state index is -0.936. The molecule has 0 heterocycles. The predicted octanol–water partition coefficient (Wildman–Crippen LogP) is 4.83. The van der Waals surface area contributed by atoms with E-state index in [1.54, 1.807) is 0 Å². The van der Waals surface area contributed by atoms with Crippen LogP contribution in [0.2, 0.25) is 0 Å². The first-order chi connectivity index (χ1) is 9.98. The van der Waals surface area contributed by atoms with E-state index in [1.807, 2.05) is 6.92 Å². The zero-order valence-corrected chi connectivity index (χ0v) is 13.2. The molecule has 2 aromatic rings. The number of benzene rings is 2. The van der Waals surface area contributed by atoms with Crippen LogP contribution in [-0.2, 0) is 5.60 Å². The summed E-state index contributed by atoms with van der Waals surface area (Å²) in [5, 5.41) is 11.1. The lowest BCUT2D eigenvalue weighted by Gasteiger charge is -2.29. The topological polar surface area (TPSA) is 20.2 Å². The highest BCUT2D eigenvalue weighted by atomic mass is 16.3. The maximum atomic E-state index is 11.1. The van der Waals surface area contributed by atoms with Crippen molar-refractivity contribution in [2.45, 2.75) is 51.6 Å². The van der Waals surface area contributed by atoms with Gasteiger partial charge in [-0.15, -0.1) is 0 Å². The summed E-state index contributed by atoms with van der Waals surface area (Å²) < 4.78 is 0. The maximum Gasteiger partial charge on any atom is 0.112 e. The Morgan fingerprint density at radius 1 is 1.00 bits per heavy atom. The van der Waals surface area contributed by atoms with E-state index in [4.69, 9.17) is 0 Å². The Morgan fingerprint density at radius 2 is 1.67 bits per heavy atom. The molecule has 1 nitrogen and oxygen atoms in total. The second kappa shape index (κ2) is 5.31. The van der Waals surface area contributed by atoms with Gasteiger partial charge in [0, 0.05) is 0 Å². The van der Waals surface area contributed by atoms with Crippen molar-refractivity contribution in [3.05, 3.63) is 70.3 Å². The molecule has 0 saturated heterocycles. The monoisotopic (exact) mass is 280 g/mol. The van der Waals surface area contributed by atoms with E-state index in [1.165, 1.54) is 30.4 Å². The largest absolute Gasteiger partial charge is 0.381 e. The molecule has 110 valence electrons. The van der Waals surface area contributed by atoms with E-state index in [2.05, 4.69) is 56.3 Å². The van der Waals surface area contributed by atoms with Crippen molar-refractivity contribution in [2.75, 3.05) is 0 Å². The second-order valence-electron chi connectivity index (χ2n) is 6.64. The normalized spacial score (nSPS) is 18.1. The van der Waals surface area contributed by atoms with Gasteiger partial charge in [0.25, 0.3) is 0 Å². The lowest BCUT2D eigenvalue weighted by molar-refractivity contribution is 0.101. The van der Waals surface area contributed by atoms with Gasteiger partial charge in [0.2, 0.25) is 0 Å². The summed E-state index contributed by atoms with van der Waals surface area (Å²) in [6.07, 6.45) is 3.98. The highest BCUT2D eigenvalue weighted by molar-refractivity contribution is 5.42. The van der Waals surface area contributed by atoms with E-state index in [0.717, 1.165) is 22.6 Å². The van der Waals surface area contributed by atoms with Crippen LogP contribution in [0.1, 0.15) is 59.9 Å². The van der Waals surface area contributed by atoms with Gasteiger partial charge in [0.05, 0.1) is 0 Å². The fourth-order valence-corrected chi connectivity index (χ4v) is 3.24. The zero-order chi connectivity index (χ0) is 15.0. The molecule has 1 aliphatic rings. The SMILES string of the molecule is Cc1ccc(C)c(C(C)(O)c2ccc(C3CCC3)cc2)c1. The fraction of sp³-hybridized carbons (Fsp3) is 0.400. The van der Waals surface area contributed by atoms with E-state index in [-0.39, 0.29) is 0 Å². The van der Waals surface area contributed by atoms with Crippen molar-refractivity contribution in [3.8, 4) is 0 Å². The zero-order valence-electron chi connectivity index (χ0n) is 13.2. The Bertz CT molecular complexity index is 633. The number of hydrogen-bond donors (Lipinski definition) is 1. The molecule has 2 aromatic carbocycles. The van der Waals surface area contributed by atoms with E-state index < -0.39 is 5.60 Å². The second-order valence-corrected chi connectivity index (χ2v) is 6.64. The highest BCUT2D eigenvalue weighted by Gasteiger charge is 2.28. The Balaban J connectivity index is 1.95. The molecule has 0 aromatic heterocycles. The summed E-state index contributed by atoms with van der Waals surface area (Å²) >= 11 is 0. The molecule has 1 N–H and O–H groups in total. The molecular formula is C20H24O. The summed E-state index contributed by atoms with van der Waals surface area (Å²) in [5.74, 6) is 0.740. The molecule has 0 amide bonds. The summed E-state index contributed by atoms with van der Waals surface area (Å²) in [6.45, 7) is 6.03. The van der Waals surface area contributed by atoms with Crippen LogP contribution >= 0.6 is 0 Å². The first kappa shape index (κ1) is 14.3. The highest BCUT2D eigenvalue weighted by Crippen LogP contribution is 2.38. The average Bonchev–Trinajstić information content (AvgIpc) is 2.40. The Hall–Kier alpha value is -1.60. The van der Waals surface area contributed by atoms with Crippen molar-refractivity contribution >= 4 is 0 Å². The molecule has 0 radical (unpaired) electrons. The van der Waals surface area contributed by atoms with Gasteiger partial charge in [-0.2, -0.15) is 0 Å². The van der Waals surface area contributed by atoms with E-state index in [9.17, 15) is 5.11 Å². The van der Waals surface area contributed by atoms with Crippen LogP contribution in [0.25, 0.3) is 0 Å². The lowest BCUT2D eigenvalue weighted by atomic mass is 9.78. The Kier molecular flexibility index (Phi) is 3.62. The summed E-state index contributed by atoms with van der Waals surface area (Å²) in [7, 11) is 0. The third-order valence-electron chi connectivity index (χ3n) is 4.97. The molecule has 0 aliphatic heterocycles. The smallest absolute Gasteiger partial charge is 0.112 e. The van der Waals surface area contributed by atoms with Gasteiger partial charge in [-0.1, -0.05) is 54.4 Å². The van der Waals surface area contributed by atoms with Gasteiger partial charge in [-0.25, -0.2) is 0 Å². The van der Waals surface area contributed by atoms with Crippen LogP contribution in [0, 0.1) is 13.8 Å². The van der Waals surface area contributed by atoms with Crippen molar-refractivity contribution in [3.63, 3.8) is 0 Å². The minimum absolute atomic E-state index is 0.740. The third kappa shape index (κ3) is 2.63. The average molecular weight is 280 g/mol. The summed E-state index contributed by atoms with van der Waals surface area (Å²) in [4.78, 5) is 0. The molecule has 0 bridgehead atoms. The Morgan fingerprint density at radius 3 is 2.24 bits per heavy atom. The van der Waals surface area contributed by atoms with Crippen LogP contribution in [-0.4, -0.2) is 5.11 Å². The van der Waals surface area contributed by atoms with Gasteiger partial charge in [-0.05, 0) is 61.8 Å². The first-order valence-electron chi connectivity index (χ1n) is 7.89. The lowest BCUT2D eigenvalue weighted by Crippen LogP contribution is -2.24. The summed E-state index contributed by atoms with van der Waals surface area (Å²) in [5.41, 5.74) is 4.77. The molecule has 0 spiro atoms. The van der Waals surface area contributed by atoms with Crippen LogP contribution in [0.4, 0.5) is 0 Å². The first-order valence-corrected chi connectivity index (χ1v) is 7.89. The van der Waals surface area contributed by atoms with E-state index >= 15 is 0 Å². The van der Waals surface area contributed by atoms with E-state index in [0.29, 0.717) is 0 Å². The molecule has 3 rings (SSSR count). The van der Waals surface area contributed by atoms with Crippen molar-refractivity contribution in [1.82, 2.24) is 0 Å². The van der Waals surface area contributed by atoms with Crippen LogP contribution < -0.4 is 0 Å². The predicted molar refractivity (Wildman–Crippen MR) is 87.6 cm³/mol. The molecule has 1 heteroatoms. The van der Waals surface area contributed by atoms with Gasteiger partial charge < -0.3 is 5.11 Å². The molecule has 1 unspecified atom stereocenters. The number of aryl methyl sites for hydroxylation is 2.